The molecule has 2 aliphatic heterocycles. The molecule has 2 fully saturated rings. The van der Waals surface area contributed by atoms with Crippen molar-refractivity contribution in [1.29, 1.82) is 0 Å². The van der Waals surface area contributed by atoms with Gasteiger partial charge in [0.05, 0.1) is 12.5 Å². The van der Waals surface area contributed by atoms with E-state index in [0.29, 0.717) is 19.1 Å². The van der Waals surface area contributed by atoms with Crippen molar-refractivity contribution in [1.82, 2.24) is 14.9 Å². The summed E-state index contributed by atoms with van der Waals surface area (Å²) in [5.74, 6) is 2.51. The summed E-state index contributed by atoms with van der Waals surface area (Å²) in [4.78, 5) is 25.9. The van der Waals surface area contributed by atoms with E-state index in [0.717, 1.165) is 49.9 Å². The van der Waals surface area contributed by atoms with Gasteiger partial charge < -0.3 is 14.5 Å². The first-order valence-corrected chi connectivity index (χ1v) is 8.51. The van der Waals surface area contributed by atoms with E-state index in [1.807, 2.05) is 17.9 Å². The molecular weight excluding hydrogens is 292 g/mol. The second-order valence-electron chi connectivity index (χ2n) is 6.75. The number of rotatable bonds is 3. The first-order chi connectivity index (χ1) is 11.0. The van der Waals surface area contributed by atoms with Crippen molar-refractivity contribution in [3.05, 3.63) is 17.6 Å². The zero-order valence-electron chi connectivity index (χ0n) is 14.3. The Kier molecular flexibility index (Phi) is 4.80. The van der Waals surface area contributed by atoms with Crippen LogP contribution in [0.15, 0.2) is 6.07 Å². The van der Waals surface area contributed by atoms with Gasteiger partial charge in [0, 0.05) is 50.5 Å². The van der Waals surface area contributed by atoms with Crippen LogP contribution >= 0.6 is 0 Å². The van der Waals surface area contributed by atoms with Crippen molar-refractivity contribution in [3.8, 4) is 0 Å². The third-order valence-electron chi connectivity index (χ3n) is 4.57. The van der Waals surface area contributed by atoms with E-state index < -0.39 is 0 Å². The van der Waals surface area contributed by atoms with Crippen molar-refractivity contribution in [2.45, 2.75) is 33.1 Å². The lowest BCUT2D eigenvalue weighted by atomic mass is 10.1. The Morgan fingerprint density at radius 1 is 1.26 bits per heavy atom. The van der Waals surface area contributed by atoms with E-state index in [2.05, 4.69) is 23.7 Å². The third kappa shape index (κ3) is 3.63. The highest BCUT2D eigenvalue weighted by atomic mass is 16.5. The molecule has 1 atom stereocenters. The monoisotopic (exact) mass is 318 g/mol. The Hall–Kier alpha value is -1.69. The number of piperazine rings is 1. The van der Waals surface area contributed by atoms with Gasteiger partial charge in [0.15, 0.2) is 0 Å². The molecule has 1 aromatic rings. The van der Waals surface area contributed by atoms with Crippen LogP contribution in [0.2, 0.25) is 0 Å². The van der Waals surface area contributed by atoms with Crippen LogP contribution in [-0.4, -0.2) is 60.2 Å². The predicted octanol–water partition coefficient (Wildman–Crippen LogP) is 1.59. The Bertz CT molecular complexity index is 562. The molecule has 0 aromatic carbocycles. The molecule has 0 spiro atoms. The first kappa shape index (κ1) is 16.2. The van der Waals surface area contributed by atoms with Gasteiger partial charge in [0.25, 0.3) is 0 Å². The van der Waals surface area contributed by atoms with Crippen molar-refractivity contribution in [3.63, 3.8) is 0 Å². The van der Waals surface area contributed by atoms with Crippen LogP contribution in [-0.2, 0) is 9.53 Å². The summed E-state index contributed by atoms with van der Waals surface area (Å²) < 4.78 is 5.33. The van der Waals surface area contributed by atoms with Crippen LogP contribution in [0.4, 0.5) is 5.82 Å². The number of hydrogen-bond acceptors (Lipinski definition) is 5. The molecule has 1 amide bonds. The summed E-state index contributed by atoms with van der Waals surface area (Å²) in [5, 5.41) is 0. The maximum absolute atomic E-state index is 12.4. The number of aryl methyl sites for hydroxylation is 1. The fourth-order valence-corrected chi connectivity index (χ4v) is 3.14. The van der Waals surface area contributed by atoms with Crippen LogP contribution < -0.4 is 4.90 Å². The quantitative estimate of drug-likeness (QED) is 0.847. The maximum atomic E-state index is 12.4. The molecule has 6 heteroatoms. The fraction of sp³-hybridized carbons (Fsp3) is 0.706. The normalized spacial score (nSPS) is 22.0. The van der Waals surface area contributed by atoms with Gasteiger partial charge in [-0.3, -0.25) is 4.79 Å². The van der Waals surface area contributed by atoms with E-state index in [1.165, 1.54) is 0 Å². The minimum Gasteiger partial charge on any atom is -0.381 e. The summed E-state index contributed by atoms with van der Waals surface area (Å²) in [6.45, 7) is 10.7. The first-order valence-electron chi connectivity index (χ1n) is 8.51. The van der Waals surface area contributed by atoms with Gasteiger partial charge in [-0.25, -0.2) is 9.97 Å². The van der Waals surface area contributed by atoms with Crippen molar-refractivity contribution in [2.24, 2.45) is 5.92 Å². The number of hydrogen-bond donors (Lipinski definition) is 0. The Labute approximate surface area is 137 Å². The fourth-order valence-electron chi connectivity index (χ4n) is 3.14. The second kappa shape index (κ2) is 6.83. The van der Waals surface area contributed by atoms with Crippen LogP contribution in [0.25, 0.3) is 0 Å². The van der Waals surface area contributed by atoms with Gasteiger partial charge in [0.2, 0.25) is 5.91 Å². The van der Waals surface area contributed by atoms with E-state index in [4.69, 9.17) is 9.72 Å². The molecule has 3 heterocycles. The number of carbonyl (C=O) groups excluding carboxylic acids is 1. The summed E-state index contributed by atoms with van der Waals surface area (Å²) >= 11 is 0. The molecule has 0 N–H and O–H groups in total. The van der Waals surface area contributed by atoms with Gasteiger partial charge in [-0.05, 0) is 13.3 Å². The van der Waals surface area contributed by atoms with E-state index >= 15 is 0 Å². The minimum absolute atomic E-state index is 0.0652. The molecule has 3 rings (SSSR count). The number of aromatic nitrogens is 2. The lowest BCUT2D eigenvalue weighted by Crippen LogP contribution is -2.50. The largest absolute Gasteiger partial charge is 0.381 e. The Morgan fingerprint density at radius 2 is 2.00 bits per heavy atom. The summed E-state index contributed by atoms with van der Waals surface area (Å²) in [6, 6.07) is 2.04. The third-order valence-corrected chi connectivity index (χ3v) is 4.57. The van der Waals surface area contributed by atoms with E-state index in [1.54, 1.807) is 0 Å². The maximum Gasteiger partial charge on any atom is 0.228 e. The molecule has 1 aromatic heterocycles. The number of amides is 1. The Morgan fingerprint density at radius 3 is 2.61 bits per heavy atom. The van der Waals surface area contributed by atoms with Gasteiger partial charge in [-0.15, -0.1) is 0 Å². The number of carbonyl (C=O) groups is 1. The summed E-state index contributed by atoms with van der Waals surface area (Å²) in [5.41, 5.74) is 1.00. The predicted molar refractivity (Wildman–Crippen MR) is 88.6 cm³/mol. The number of anilines is 1. The molecule has 2 aliphatic rings. The van der Waals surface area contributed by atoms with Crippen LogP contribution in [0.1, 0.15) is 37.7 Å². The molecular formula is C17H26N4O2. The van der Waals surface area contributed by atoms with Crippen LogP contribution in [0.5, 0.6) is 0 Å². The molecule has 0 bridgehead atoms. The topological polar surface area (TPSA) is 58.6 Å². The van der Waals surface area contributed by atoms with Crippen molar-refractivity contribution in [2.75, 3.05) is 44.3 Å². The molecule has 6 nitrogen and oxygen atoms in total. The number of ether oxygens (including phenoxy) is 1. The molecule has 0 radical (unpaired) electrons. The van der Waals surface area contributed by atoms with E-state index in [-0.39, 0.29) is 11.8 Å². The molecule has 23 heavy (non-hydrogen) atoms. The van der Waals surface area contributed by atoms with E-state index in [9.17, 15) is 4.79 Å². The minimum atomic E-state index is 0.0652. The highest BCUT2D eigenvalue weighted by Crippen LogP contribution is 2.21. The zero-order chi connectivity index (χ0) is 16.4. The van der Waals surface area contributed by atoms with Gasteiger partial charge in [-0.2, -0.15) is 0 Å². The SMILES string of the molecule is Cc1cc(N2CCN(C(=O)[C@@H]3CCOC3)CC2)nc(C(C)C)n1. The average molecular weight is 318 g/mol. The zero-order valence-corrected chi connectivity index (χ0v) is 14.3. The molecule has 0 saturated carbocycles. The smallest absolute Gasteiger partial charge is 0.228 e. The molecule has 0 unspecified atom stereocenters. The van der Waals surface area contributed by atoms with Crippen LogP contribution in [0.3, 0.4) is 0 Å². The van der Waals surface area contributed by atoms with Gasteiger partial charge in [0.1, 0.15) is 11.6 Å². The van der Waals surface area contributed by atoms with Crippen LogP contribution in [0, 0.1) is 12.8 Å². The molecule has 2 saturated heterocycles. The summed E-state index contributed by atoms with van der Waals surface area (Å²) in [6.07, 6.45) is 0.863. The second-order valence-corrected chi connectivity index (χ2v) is 6.75. The number of nitrogens with zero attached hydrogens (tertiary/aromatic N) is 4. The summed E-state index contributed by atoms with van der Waals surface area (Å²) in [7, 11) is 0. The lowest BCUT2D eigenvalue weighted by molar-refractivity contribution is -0.135. The van der Waals surface area contributed by atoms with Crippen molar-refractivity contribution < 1.29 is 9.53 Å². The highest BCUT2D eigenvalue weighted by molar-refractivity contribution is 5.79. The van der Waals surface area contributed by atoms with Gasteiger partial charge in [-0.1, -0.05) is 13.8 Å². The van der Waals surface area contributed by atoms with Gasteiger partial charge >= 0.3 is 0 Å². The lowest BCUT2D eigenvalue weighted by Gasteiger charge is -2.36. The Balaban J connectivity index is 1.63. The highest BCUT2D eigenvalue weighted by Gasteiger charge is 2.30. The standard InChI is InChI=1S/C17H26N4O2/c1-12(2)16-18-13(3)10-15(19-16)20-5-7-21(8-6-20)17(22)14-4-9-23-11-14/h10,12,14H,4-9,11H2,1-3H3/t14-/m1/s1. The molecule has 0 aliphatic carbocycles. The average Bonchev–Trinajstić information content (AvgIpc) is 3.08. The van der Waals surface area contributed by atoms with Crippen molar-refractivity contribution >= 4 is 11.7 Å². The molecule has 126 valence electrons.